The molecule has 1 aliphatic carbocycles. The zero-order chi connectivity index (χ0) is 26.1. The molecule has 0 aliphatic heterocycles. The highest BCUT2D eigenvalue weighted by Gasteiger charge is 2.40. The summed E-state index contributed by atoms with van der Waals surface area (Å²) in [6.45, 7) is 1.77. The molecule has 1 heterocycles. The first-order valence-electron chi connectivity index (χ1n) is 11.1. The van der Waals surface area contributed by atoms with Gasteiger partial charge >= 0.3 is 12.4 Å². The molecule has 35 heavy (non-hydrogen) atoms. The van der Waals surface area contributed by atoms with Gasteiger partial charge in [0.1, 0.15) is 17.5 Å². The van der Waals surface area contributed by atoms with E-state index in [0.29, 0.717) is 43.4 Å². The van der Waals surface area contributed by atoms with Gasteiger partial charge in [0.2, 0.25) is 5.91 Å². The van der Waals surface area contributed by atoms with Crippen LogP contribution in [-0.2, 0) is 18.8 Å². The minimum Gasteiger partial charge on any atom is -0.367 e. The Bertz CT molecular complexity index is 1080. The molecule has 0 spiro atoms. The molecule has 1 saturated carbocycles. The molecule has 3 N–H and O–H groups in total. The van der Waals surface area contributed by atoms with Crippen molar-refractivity contribution >= 4 is 17.5 Å². The maximum atomic E-state index is 13.7. The van der Waals surface area contributed by atoms with Crippen LogP contribution in [0.2, 0.25) is 0 Å². The molecule has 1 aromatic heterocycles. The van der Waals surface area contributed by atoms with E-state index in [1.165, 1.54) is 0 Å². The van der Waals surface area contributed by atoms with Gasteiger partial charge in [-0.15, -0.1) is 0 Å². The highest BCUT2D eigenvalue weighted by molar-refractivity contribution is 5.95. The Balaban J connectivity index is 1.78. The van der Waals surface area contributed by atoms with E-state index < -0.39 is 40.5 Å². The summed E-state index contributed by atoms with van der Waals surface area (Å²) in [6, 6.07) is 2.31. The van der Waals surface area contributed by atoms with Crippen LogP contribution in [0.3, 0.4) is 0 Å². The fraction of sp³-hybridized carbons (Fsp3) is 0.522. The molecular formula is C23H27F6N5O. The number of alkyl halides is 6. The molecule has 192 valence electrons. The molecular weight excluding hydrogens is 476 g/mol. The van der Waals surface area contributed by atoms with Crippen molar-refractivity contribution in [3.05, 3.63) is 46.3 Å². The highest BCUT2D eigenvalue weighted by Crippen LogP contribution is 2.41. The van der Waals surface area contributed by atoms with E-state index in [0.717, 1.165) is 5.82 Å². The fourth-order valence-electron chi connectivity index (χ4n) is 4.39. The average Bonchev–Trinajstić information content (AvgIpc) is 2.73. The second kappa shape index (κ2) is 9.90. The van der Waals surface area contributed by atoms with E-state index >= 15 is 0 Å². The molecule has 0 atom stereocenters. The number of carbonyl (C=O) groups is 1. The van der Waals surface area contributed by atoms with Gasteiger partial charge in [0, 0.05) is 31.8 Å². The van der Waals surface area contributed by atoms with Gasteiger partial charge in [0.25, 0.3) is 0 Å². The number of aromatic nitrogens is 2. The summed E-state index contributed by atoms with van der Waals surface area (Å²) in [5.74, 6) is 0.405. The fourth-order valence-corrected chi connectivity index (χ4v) is 4.39. The van der Waals surface area contributed by atoms with Crippen molar-refractivity contribution in [1.82, 2.24) is 9.97 Å². The standard InChI is InChI=1S/C23H27F6N5O/c1-12-31-19(11-20(32-12)34(2)3)33-15-6-4-13(5-7-15)8-16-17(21(30)35)9-14(22(24,25)26)10-18(16)23(27,28)29/h9-11,13,15H,4-8H2,1-3H3,(H2,30,35)(H,31,32,33). The molecule has 1 aliphatic rings. The highest BCUT2D eigenvalue weighted by atomic mass is 19.4. The smallest absolute Gasteiger partial charge is 0.367 e. The molecule has 0 saturated heterocycles. The second-order valence-electron chi connectivity index (χ2n) is 9.03. The summed E-state index contributed by atoms with van der Waals surface area (Å²) in [6.07, 6.45) is -7.99. The van der Waals surface area contributed by atoms with Crippen molar-refractivity contribution in [2.24, 2.45) is 11.7 Å². The van der Waals surface area contributed by atoms with E-state index in [2.05, 4.69) is 15.3 Å². The summed E-state index contributed by atoms with van der Waals surface area (Å²) in [5, 5.41) is 3.33. The number of hydrogen-bond acceptors (Lipinski definition) is 5. The summed E-state index contributed by atoms with van der Waals surface area (Å²) in [7, 11) is 3.71. The van der Waals surface area contributed by atoms with E-state index in [9.17, 15) is 31.1 Å². The van der Waals surface area contributed by atoms with Crippen LogP contribution in [-0.4, -0.2) is 36.0 Å². The topological polar surface area (TPSA) is 84.1 Å². The maximum Gasteiger partial charge on any atom is 0.416 e. The Hall–Kier alpha value is -3.05. The predicted molar refractivity (Wildman–Crippen MR) is 119 cm³/mol. The summed E-state index contributed by atoms with van der Waals surface area (Å²) >= 11 is 0. The maximum absolute atomic E-state index is 13.7. The van der Waals surface area contributed by atoms with Gasteiger partial charge in [-0.25, -0.2) is 9.97 Å². The Labute approximate surface area is 198 Å². The number of nitrogens with one attached hydrogen (secondary N) is 1. The predicted octanol–water partition coefficient (Wildman–Crippen LogP) is 5.20. The van der Waals surface area contributed by atoms with Crippen molar-refractivity contribution in [2.75, 3.05) is 24.3 Å². The molecule has 0 unspecified atom stereocenters. The average molecular weight is 503 g/mol. The van der Waals surface area contributed by atoms with Crippen molar-refractivity contribution in [3.8, 4) is 0 Å². The summed E-state index contributed by atoms with van der Waals surface area (Å²) < 4.78 is 80.6. The van der Waals surface area contributed by atoms with Crippen molar-refractivity contribution in [1.29, 1.82) is 0 Å². The Morgan fingerprint density at radius 3 is 2.17 bits per heavy atom. The molecule has 0 radical (unpaired) electrons. The van der Waals surface area contributed by atoms with Crippen LogP contribution < -0.4 is 16.0 Å². The molecule has 1 fully saturated rings. The zero-order valence-corrected chi connectivity index (χ0v) is 19.5. The third kappa shape index (κ3) is 6.55. The van der Waals surface area contributed by atoms with Crippen LogP contribution in [0.4, 0.5) is 38.0 Å². The number of halogens is 6. The number of primary amides is 1. The quantitative estimate of drug-likeness (QED) is 0.530. The zero-order valence-electron chi connectivity index (χ0n) is 19.5. The Morgan fingerprint density at radius 2 is 1.66 bits per heavy atom. The molecule has 6 nitrogen and oxygen atoms in total. The van der Waals surface area contributed by atoms with Gasteiger partial charge in [-0.3, -0.25) is 4.79 Å². The lowest BCUT2D eigenvalue weighted by atomic mass is 9.80. The van der Waals surface area contributed by atoms with Gasteiger partial charge in [-0.1, -0.05) is 0 Å². The first kappa shape index (κ1) is 26.6. The number of rotatable bonds is 6. The van der Waals surface area contributed by atoms with Gasteiger partial charge in [0.15, 0.2) is 0 Å². The summed E-state index contributed by atoms with van der Waals surface area (Å²) in [5.41, 5.74) is 0.974. The van der Waals surface area contributed by atoms with Crippen LogP contribution in [0, 0.1) is 12.8 Å². The van der Waals surface area contributed by atoms with Crippen LogP contribution in [0.5, 0.6) is 0 Å². The van der Waals surface area contributed by atoms with Gasteiger partial charge < -0.3 is 16.0 Å². The SMILES string of the molecule is Cc1nc(NC2CCC(Cc3c(C(N)=O)cc(C(F)(F)F)cc3C(F)(F)F)CC2)cc(N(C)C)n1. The minimum atomic E-state index is -5.06. The van der Waals surface area contributed by atoms with E-state index in [1.807, 2.05) is 19.0 Å². The first-order valence-corrected chi connectivity index (χ1v) is 11.1. The Morgan fingerprint density at radius 1 is 1.03 bits per heavy atom. The molecule has 1 aromatic carbocycles. The Kier molecular flexibility index (Phi) is 7.51. The first-order chi connectivity index (χ1) is 16.1. The van der Waals surface area contributed by atoms with Crippen molar-refractivity contribution < 1.29 is 31.1 Å². The van der Waals surface area contributed by atoms with Crippen LogP contribution in [0.1, 0.15) is 58.6 Å². The number of hydrogen-bond donors (Lipinski definition) is 2. The third-order valence-electron chi connectivity index (χ3n) is 6.12. The van der Waals surface area contributed by atoms with E-state index in [4.69, 9.17) is 5.73 Å². The van der Waals surface area contributed by atoms with Gasteiger partial charge in [-0.05, 0) is 62.6 Å². The van der Waals surface area contributed by atoms with Crippen LogP contribution in [0.15, 0.2) is 18.2 Å². The van der Waals surface area contributed by atoms with Crippen molar-refractivity contribution in [2.45, 2.75) is 57.4 Å². The monoisotopic (exact) mass is 503 g/mol. The lowest BCUT2D eigenvalue weighted by molar-refractivity contribution is -0.143. The van der Waals surface area contributed by atoms with E-state index in [-0.39, 0.29) is 24.4 Å². The molecule has 1 amide bonds. The largest absolute Gasteiger partial charge is 0.416 e. The number of aryl methyl sites for hydroxylation is 1. The number of nitrogens with zero attached hydrogens (tertiary/aromatic N) is 3. The molecule has 2 aromatic rings. The third-order valence-corrected chi connectivity index (χ3v) is 6.12. The number of amides is 1. The number of anilines is 2. The van der Waals surface area contributed by atoms with Gasteiger partial charge in [-0.2, -0.15) is 26.3 Å². The normalized spacial score (nSPS) is 18.9. The minimum absolute atomic E-state index is 0.0286. The molecule has 0 bridgehead atoms. The number of nitrogens with two attached hydrogens (primary N) is 1. The second-order valence-corrected chi connectivity index (χ2v) is 9.03. The van der Waals surface area contributed by atoms with Gasteiger partial charge in [0.05, 0.1) is 11.1 Å². The van der Waals surface area contributed by atoms with E-state index in [1.54, 1.807) is 13.0 Å². The van der Waals surface area contributed by atoms with Crippen LogP contribution in [0.25, 0.3) is 0 Å². The molecule has 3 rings (SSSR count). The number of carbonyl (C=O) groups excluding carboxylic acids is 1. The molecule has 12 heteroatoms. The van der Waals surface area contributed by atoms with Crippen molar-refractivity contribution in [3.63, 3.8) is 0 Å². The lowest BCUT2D eigenvalue weighted by Gasteiger charge is -2.31. The summed E-state index contributed by atoms with van der Waals surface area (Å²) in [4.78, 5) is 22.4. The number of benzene rings is 1. The lowest BCUT2D eigenvalue weighted by Crippen LogP contribution is -2.29. The van der Waals surface area contributed by atoms with Crippen LogP contribution >= 0.6 is 0 Å².